The van der Waals surface area contributed by atoms with E-state index < -0.39 is 97.5 Å². The molecule has 19 heteroatoms. The molecule has 0 aliphatic heterocycles. The summed E-state index contributed by atoms with van der Waals surface area (Å²) in [5.74, 6) is -1.35. The van der Waals surface area contributed by atoms with Gasteiger partial charge in [0.25, 0.3) is 0 Å². The number of ether oxygens (including phenoxy) is 4. The van der Waals surface area contributed by atoms with Crippen LogP contribution in [0.2, 0.25) is 0 Å². The van der Waals surface area contributed by atoms with Gasteiger partial charge in [0.05, 0.1) is 26.4 Å². The van der Waals surface area contributed by atoms with E-state index in [1.807, 2.05) is 0 Å². The van der Waals surface area contributed by atoms with Gasteiger partial charge in [0.1, 0.15) is 19.3 Å². The van der Waals surface area contributed by atoms with Crippen molar-refractivity contribution >= 4 is 39.5 Å². The number of phosphoric acid groups is 2. The second-order valence-corrected chi connectivity index (χ2v) is 26.2. The van der Waals surface area contributed by atoms with E-state index in [1.165, 1.54) is 135 Å². The highest BCUT2D eigenvalue weighted by molar-refractivity contribution is 7.47. The predicted octanol–water partition coefficient (Wildman–Crippen LogP) is 17.4. The minimum Gasteiger partial charge on any atom is -0.462 e. The van der Waals surface area contributed by atoms with Gasteiger partial charge in [-0.15, -0.1) is 0 Å². The summed E-state index contributed by atoms with van der Waals surface area (Å²) in [6, 6.07) is 0. The van der Waals surface area contributed by atoms with E-state index in [9.17, 15) is 43.2 Å². The molecular formula is C63H122O17P2. The van der Waals surface area contributed by atoms with Gasteiger partial charge in [-0.2, -0.15) is 0 Å². The van der Waals surface area contributed by atoms with Crippen LogP contribution in [0.5, 0.6) is 0 Å². The zero-order valence-electron chi connectivity index (χ0n) is 52.6. The van der Waals surface area contributed by atoms with Crippen molar-refractivity contribution in [3.05, 3.63) is 0 Å². The van der Waals surface area contributed by atoms with E-state index in [1.54, 1.807) is 0 Å². The molecule has 3 N–H and O–H groups in total. The number of unbranched alkanes of at least 4 members (excludes halogenated alkanes) is 35. The Morgan fingerprint density at radius 3 is 0.829 bits per heavy atom. The zero-order chi connectivity index (χ0) is 60.6. The number of esters is 4. The van der Waals surface area contributed by atoms with Gasteiger partial charge in [0, 0.05) is 25.7 Å². The van der Waals surface area contributed by atoms with Gasteiger partial charge in [0.15, 0.2) is 12.2 Å². The van der Waals surface area contributed by atoms with Gasteiger partial charge in [-0.05, 0) is 31.6 Å². The van der Waals surface area contributed by atoms with Crippen molar-refractivity contribution in [2.24, 2.45) is 5.92 Å². The highest BCUT2D eigenvalue weighted by atomic mass is 31.2. The Labute approximate surface area is 498 Å². The van der Waals surface area contributed by atoms with E-state index in [0.29, 0.717) is 25.7 Å². The molecular weight excluding hydrogens is 1090 g/mol. The third-order valence-electron chi connectivity index (χ3n) is 14.5. The Balaban J connectivity index is 5.07. The van der Waals surface area contributed by atoms with Crippen molar-refractivity contribution in [1.29, 1.82) is 0 Å². The second-order valence-electron chi connectivity index (χ2n) is 23.3. The topological polar surface area (TPSA) is 237 Å². The van der Waals surface area contributed by atoms with Gasteiger partial charge in [-0.3, -0.25) is 37.3 Å². The molecule has 0 rings (SSSR count). The molecule has 0 saturated heterocycles. The molecule has 82 heavy (non-hydrogen) atoms. The number of rotatable bonds is 63. The van der Waals surface area contributed by atoms with Gasteiger partial charge in [-0.1, -0.05) is 266 Å². The Hall–Kier alpha value is -1.94. The maximum absolute atomic E-state index is 13.0. The molecule has 0 aliphatic carbocycles. The first kappa shape index (κ1) is 80.1. The van der Waals surface area contributed by atoms with E-state index in [4.69, 9.17) is 37.0 Å². The number of carbonyl (C=O) groups is 4. The highest BCUT2D eigenvalue weighted by Crippen LogP contribution is 2.45. The van der Waals surface area contributed by atoms with Gasteiger partial charge in [0.2, 0.25) is 0 Å². The number of hydrogen-bond acceptors (Lipinski definition) is 15. The first-order valence-corrected chi connectivity index (χ1v) is 36.1. The Morgan fingerprint density at radius 1 is 0.329 bits per heavy atom. The molecule has 0 amide bonds. The molecule has 0 aliphatic rings. The Morgan fingerprint density at radius 2 is 0.561 bits per heavy atom. The lowest BCUT2D eigenvalue weighted by molar-refractivity contribution is -0.161. The lowest BCUT2D eigenvalue weighted by Gasteiger charge is -2.21. The average Bonchev–Trinajstić information content (AvgIpc) is 3.45. The molecule has 0 bridgehead atoms. The van der Waals surface area contributed by atoms with Crippen molar-refractivity contribution in [3.8, 4) is 0 Å². The quantitative estimate of drug-likeness (QED) is 0.0222. The fourth-order valence-corrected chi connectivity index (χ4v) is 11.0. The summed E-state index contributed by atoms with van der Waals surface area (Å²) in [5.41, 5.74) is 0. The van der Waals surface area contributed by atoms with Crippen LogP contribution < -0.4 is 0 Å². The minimum absolute atomic E-state index is 0.0989. The maximum Gasteiger partial charge on any atom is 0.472 e. The summed E-state index contributed by atoms with van der Waals surface area (Å²) in [6.07, 6.45) is 41.2. The van der Waals surface area contributed by atoms with Gasteiger partial charge >= 0.3 is 39.5 Å². The summed E-state index contributed by atoms with van der Waals surface area (Å²) in [7, 11) is -9.86. The lowest BCUT2D eigenvalue weighted by atomic mass is 10.0. The monoisotopic (exact) mass is 1210 g/mol. The first-order chi connectivity index (χ1) is 39.5. The van der Waals surface area contributed by atoms with Crippen LogP contribution in [-0.4, -0.2) is 96.7 Å². The predicted molar refractivity (Wildman–Crippen MR) is 326 cm³/mol. The average molecular weight is 1210 g/mol. The fraction of sp³-hybridized carbons (Fsp3) is 0.937. The Bertz CT molecular complexity index is 1600. The number of aliphatic hydroxyl groups excluding tert-OH is 1. The van der Waals surface area contributed by atoms with Crippen LogP contribution in [-0.2, 0) is 65.4 Å². The third-order valence-corrected chi connectivity index (χ3v) is 16.4. The van der Waals surface area contributed by atoms with Crippen molar-refractivity contribution in [2.75, 3.05) is 39.6 Å². The molecule has 17 nitrogen and oxygen atoms in total. The highest BCUT2D eigenvalue weighted by Gasteiger charge is 2.30. The van der Waals surface area contributed by atoms with Crippen molar-refractivity contribution in [3.63, 3.8) is 0 Å². The maximum atomic E-state index is 13.0. The Kier molecular flexibility index (Phi) is 55.5. The van der Waals surface area contributed by atoms with E-state index in [0.717, 1.165) is 102 Å². The molecule has 5 atom stereocenters. The van der Waals surface area contributed by atoms with Gasteiger partial charge < -0.3 is 33.8 Å². The molecule has 0 fully saturated rings. The number of phosphoric ester groups is 2. The first-order valence-electron chi connectivity index (χ1n) is 33.1. The third kappa shape index (κ3) is 57.2. The molecule has 0 aromatic rings. The van der Waals surface area contributed by atoms with Crippen molar-refractivity contribution in [1.82, 2.24) is 0 Å². The van der Waals surface area contributed by atoms with Crippen LogP contribution in [0.4, 0.5) is 0 Å². The number of carbonyl (C=O) groups excluding carboxylic acids is 4. The lowest BCUT2D eigenvalue weighted by Crippen LogP contribution is -2.30. The summed E-state index contributed by atoms with van der Waals surface area (Å²) >= 11 is 0. The van der Waals surface area contributed by atoms with Crippen LogP contribution >= 0.6 is 15.6 Å². The number of hydrogen-bond donors (Lipinski definition) is 3. The van der Waals surface area contributed by atoms with E-state index in [2.05, 4.69) is 34.6 Å². The summed E-state index contributed by atoms with van der Waals surface area (Å²) in [6.45, 7) is 7.04. The van der Waals surface area contributed by atoms with E-state index in [-0.39, 0.29) is 25.7 Å². The standard InChI is InChI=1S/C63H122O17P2/c1-6-9-12-15-16-17-18-23-27-30-33-38-42-47-61(66)74-53-59(80-63(68)49-44-39-34-31-28-25-22-20-19-21-24-26-29-32-37-40-45-56(4)5)55-78-82(71,72)76-51-57(64)50-75-81(69,70)77-54-58(79-62(67)48-43-36-14-11-8-3)52-73-60(65)46-41-35-13-10-7-2/h56-59,64H,6-55H2,1-5H3,(H,69,70)(H,71,72)/t57-,58+,59+/m0/s1. The molecule has 486 valence electrons. The van der Waals surface area contributed by atoms with Crippen LogP contribution in [0, 0.1) is 5.92 Å². The SMILES string of the molecule is CCCCCCCCCCCCCCCC(=O)OC[C@H](COP(=O)(O)OC[C@@H](O)COP(=O)(O)OC[C@@H](COC(=O)CCCCCCC)OC(=O)CCCCCCC)OC(=O)CCCCCCCCCCCCCCCCCCC(C)C. The summed E-state index contributed by atoms with van der Waals surface area (Å²) < 4.78 is 67.5. The molecule has 0 saturated carbocycles. The van der Waals surface area contributed by atoms with Crippen molar-refractivity contribution < 1.29 is 80.2 Å². The van der Waals surface area contributed by atoms with Crippen molar-refractivity contribution in [2.45, 2.75) is 335 Å². The van der Waals surface area contributed by atoms with Crippen LogP contribution in [0.15, 0.2) is 0 Å². The molecule has 0 radical (unpaired) electrons. The molecule has 2 unspecified atom stereocenters. The van der Waals surface area contributed by atoms with E-state index >= 15 is 0 Å². The molecule has 0 spiro atoms. The fourth-order valence-electron chi connectivity index (χ4n) is 9.41. The summed E-state index contributed by atoms with van der Waals surface area (Å²) in [4.78, 5) is 71.6. The zero-order valence-corrected chi connectivity index (χ0v) is 54.4. The largest absolute Gasteiger partial charge is 0.472 e. The molecule has 0 aromatic carbocycles. The second kappa shape index (κ2) is 56.8. The molecule has 0 aromatic heterocycles. The normalized spacial score (nSPS) is 14.3. The van der Waals surface area contributed by atoms with Gasteiger partial charge in [-0.25, -0.2) is 9.13 Å². The van der Waals surface area contributed by atoms with Crippen LogP contribution in [0.3, 0.4) is 0 Å². The van der Waals surface area contributed by atoms with Crippen LogP contribution in [0.25, 0.3) is 0 Å². The summed E-state index contributed by atoms with van der Waals surface area (Å²) in [5, 5.41) is 10.5. The minimum atomic E-state index is -4.94. The number of aliphatic hydroxyl groups is 1. The van der Waals surface area contributed by atoms with Crippen LogP contribution in [0.1, 0.15) is 317 Å². The smallest absolute Gasteiger partial charge is 0.462 e. The molecule has 0 heterocycles.